The van der Waals surface area contributed by atoms with Crippen molar-refractivity contribution in [3.63, 3.8) is 0 Å². The molecule has 0 bridgehead atoms. The number of sulfonamides is 1. The first-order valence-electron chi connectivity index (χ1n) is 7.48. The highest BCUT2D eigenvalue weighted by molar-refractivity contribution is 7.89. The second-order valence-electron chi connectivity index (χ2n) is 5.28. The van der Waals surface area contributed by atoms with Crippen LogP contribution in [0.1, 0.15) is 12.8 Å². The first-order chi connectivity index (χ1) is 10.6. The third kappa shape index (κ3) is 5.06. The summed E-state index contributed by atoms with van der Waals surface area (Å²) in [7, 11) is 0.0114. The van der Waals surface area contributed by atoms with E-state index in [0.29, 0.717) is 36.9 Å². The molecule has 1 atom stereocenters. The summed E-state index contributed by atoms with van der Waals surface area (Å²) in [5, 5.41) is 3.06. The molecule has 2 rings (SSSR count). The molecule has 1 unspecified atom stereocenters. The molecule has 1 saturated heterocycles. The number of likely N-dealkylation sites (N-methyl/N-ethyl adjacent to an activating group) is 1. The van der Waals surface area contributed by atoms with Crippen molar-refractivity contribution in [2.75, 3.05) is 40.5 Å². The Balaban J connectivity index is 0.00000264. The maximum atomic E-state index is 12.7. The summed E-state index contributed by atoms with van der Waals surface area (Å²) in [6, 6.07) is 6.61. The summed E-state index contributed by atoms with van der Waals surface area (Å²) in [4.78, 5) is 0.314. The molecule has 1 aliphatic rings. The molecule has 0 spiro atoms. The van der Waals surface area contributed by atoms with Gasteiger partial charge in [-0.25, -0.2) is 8.42 Å². The number of hydrogen-bond acceptors (Lipinski definition) is 5. The van der Waals surface area contributed by atoms with Crippen LogP contribution in [0.15, 0.2) is 29.2 Å². The summed E-state index contributed by atoms with van der Waals surface area (Å²) >= 11 is 0. The van der Waals surface area contributed by atoms with Gasteiger partial charge in [0, 0.05) is 26.2 Å². The van der Waals surface area contributed by atoms with E-state index in [1.807, 2.05) is 7.05 Å². The molecule has 1 aromatic carbocycles. The largest absolute Gasteiger partial charge is 0.491 e. The molecule has 0 radical (unpaired) electrons. The molecule has 132 valence electrons. The van der Waals surface area contributed by atoms with Gasteiger partial charge < -0.3 is 14.8 Å². The second kappa shape index (κ2) is 9.44. The standard InChI is InChI=1S/C15H24N2O4S.ClH/c1-16-12-13-4-3-9-17(13)22(18,19)15-7-5-14(6-8-15)21-11-10-20-2;/h5-8,13,16H,3-4,9-12H2,1-2H3;1H. The summed E-state index contributed by atoms with van der Waals surface area (Å²) in [5.74, 6) is 0.643. The lowest BCUT2D eigenvalue weighted by molar-refractivity contribution is 0.146. The predicted molar refractivity (Wildman–Crippen MR) is 91.9 cm³/mol. The summed E-state index contributed by atoms with van der Waals surface area (Å²) in [6.45, 7) is 2.21. The van der Waals surface area contributed by atoms with E-state index < -0.39 is 10.0 Å². The van der Waals surface area contributed by atoms with Gasteiger partial charge in [-0.05, 0) is 44.2 Å². The fourth-order valence-corrected chi connectivity index (χ4v) is 4.34. The number of benzene rings is 1. The van der Waals surface area contributed by atoms with E-state index in [2.05, 4.69) is 5.32 Å². The molecule has 1 aliphatic heterocycles. The molecule has 1 fully saturated rings. The van der Waals surface area contributed by atoms with Crippen LogP contribution in [-0.2, 0) is 14.8 Å². The van der Waals surface area contributed by atoms with Crippen LogP contribution in [0.5, 0.6) is 5.75 Å². The van der Waals surface area contributed by atoms with E-state index in [9.17, 15) is 8.42 Å². The van der Waals surface area contributed by atoms with Gasteiger partial charge >= 0.3 is 0 Å². The lowest BCUT2D eigenvalue weighted by atomic mass is 10.2. The number of nitrogens with zero attached hydrogens (tertiary/aromatic N) is 1. The number of methoxy groups -OCH3 is 1. The molecule has 8 heteroatoms. The number of hydrogen-bond donors (Lipinski definition) is 1. The Kier molecular flexibility index (Phi) is 8.28. The molecule has 0 saturated carbocycles. The molecular formula is C15H25ClN2O4S. The van der Waals surface area contributed by atoms with Gasteiger partial charge in [0.05, 0.1) is 11.5 Å². The zero-order valence-corrected chi connectivity index (χ0v) is 15.2. The highest BCUT2D eigenvalue weighted by atomic mass is 35.5. The second-order valence-corrected chi connectivity index (χ2v) is 7.17. The van der Waals surface area contributed by atoms with Crippen LogP contribution in [-0.4, -0.2) is 59.2 Å². The van der Waals surface area contributed by atoms with Crippen LogP contribution in [0.4, 0.5) is 0 Å². The average Bonchev–Trinajstić information content (AvgIpc) is 2.98. The minimum atomic E-state index is -3.44. The molecule has 1 aromatic rings. The van der Waals surface area contributed by atoms with Crippen LogP contribution in [0, 0.1) is 0 Å². The van der Waals surface area contributed by atoms with E-state index in [1.54, 1.807) is 35.7 Å². The topological polar surface area (TPSA) is 67.9 Å². The van der Waals surface area contributed by atoms with Gasteiger partial charge in [0.15, 0.2) is 0 Å². The quantitative estimate of drug-likeness (QED) is 0.708. The van der Waals surface area contributed by atoms with Gasteiger partial charge in [-0.3, -0.25) is 0 Å². The minimum absolute atomic E-state index is 0. The van der Waals surface area contributed by atoms with E-state index in [4.69, 9.17) is 9.47 Å². The maximum absolute atomic E-state index is 12.7. The molecule has 1 N–H and O–H groups in total. The van der Waals surface area contributed by atoms with Gasteiger partial charge in [0.25, 0.3) is 0 Å². The van der Waals surface area contributed by atoms with Crippen LogP contribution in [0.25, 0.3) is 0 Å². The van der Waals surface area contributed by atoms with Crippen molar-refractivity contribution >= 4 is 22.4 Å². The SMILES string of the molecule is CNCC1CCCN1S(=O)(=O)c1ccc(OCCOC)cc1.Cl. The zero-order chi connectivity index (χ0) is 16.0. The average molecular weight is 365 g/mol. The van der Waals surface area contributed by atoms with Gasteiger partial charge in [-0.2, -0.15) is 4.31 Å². The lowest BCUT2D eigenvalue weighted by Gasteiger charge is -2.24. The van der Waals surface area contributed by atoms with Crippen LogP contribution < -0.4 is 10.1 Å². The first-order valence-corrected chi connectivity index (χ1v) is 8.92. The highest BCUT2D eigenvalue weighted by Gasteiger charge is 2.34. The van der Waals surface area contributed by atoms with Crippen LogP contribution in [0.3, 0.4) is 0 Å². The molecular weight excluding hydrogens is 340 g/mol. The van der Waals surface area contributed by atoms with Crippen LogP contribution in [0.2, 0.25) is 0 Å². The fourth-order valence-electron chi connectivity index (χ4n) is 2.65. The zero-order valence-electron chi connectivity index (χ0n) is 13.5. The monoisotopic (exact) mass is 364 g/mol. The van der Waals surface area contributed by atoms with Crippen molar-refractivity contribution in [1.29, 1.82) is 0 Å². The van der Waals surface area contributed by atoms with Gasteiger partial charge in [-0.15, -0.1) is 12.4 Å². The van der Waals surface area contributed by atoms with E-state index in [1.165, 1.54) is 0 Å². The van der Waals surface area contributed by atoms with E-state index >= 15 is 0 Å². The molecule has 1 heterocycles. The Hall–Kier alpha value is -0.860. The van der Waals surface area contributed by atoms with Crippen LogP contribution >= 0.6 is 12.4 Å². The number of halogens is 1. The Labute approximate surface area is 144 Å². The summed E-state index contributed by atoms with van der Waals surface area (Å²) in [5.41, 5.74) is 0. The molecule has 0 aromatic heterocycles. The molecule has 6 nitrogen and oxygen atoms in total. The third-order valence-corrected chi connectivity index (χ3v) is 5.72. The van der Waals surface area contributed by atoms with Crippen molar-refractivity contribution in [1.82, 2.24) is 9.62 Å². The number of rotatable bonds is 8. The van der Waals surface area contributed by atoms with Crippen molar-refractivity contribution in [2.24, 2.45) is 0 Å². The first kappa shape index (κ1) is 20.2. The van der Waals surface area contributed by atoms with Crippen molar-refractivity contribution in [3.8, 4) is 5.75 Å². The molecule has 0 aliphatic carbocycles. The Morgan fingerprint density at radius 1 is 1.26 bits per heavy atom. The number of nitrogens with one attached hydrogen (secondary N) is 1. The van der Waals surface area contributed by atoms with E-state index in [-0.39, 0.29) is 18.4 Å². The molecule has 23 heavy (non-hydrogen) atoms. The minimum Gasteiger partial charge on any atom is -0.491 e. The summed E-state index contributed by atoms with van der Waals surface area (Å²) in [6.07, 6.45) is 1.81. The third-order valence-electron chi connectivity index (χ3n) is 3.75. The number of ether oxygens (including phenoxy) is 2. The van der Waals surface area contributed by atoms with E-state index in [0.717, 1.165) is 12.8 Å². The predicted octanol–water partition coefficient (Wildman–Crippen LogP) is 1.51. The molecule has 0 amide bonds. The normalized spacial score (nSPS) is 18.6. The van der Waals surface area contributed by atoms with Gasteiger partial charge in [0.2, 0.25) is 10.0 Å². The van der Waals surface area contributed by atoms with Crippen molar-refractivity contribution in [2.45, 2.75) is 23.8 Å². The summed E-state index contributed by atoms with van der Waals surface area (Å²) < 4.78 is 37.4. The Morgan fingerprint density at radius 2 is 1.96 bits per heavy atom. The Bertz CT molecular complexity index is 565. The van der Waals surface area contributed by atoms with Gasteiger partial charge in [-0.1, -0.05) is 0 Å². The fraction of sp³-hybridized carbons (Fsp3) is 0.600. The highest BCUT2D eigenvalue weighted by Crippen LogP contribution is 2.26. The van der Waals surface area contributed by atoms with Gasteiger partial charge in [0.1, 0.15) is 12.4 Å². The smallest absolute Gasteiger partial charge is 0.243 e. The van der Waals surface area contributed by atoms with Crippen molar-refractivity contribution < 1.29 is 17.9 Å². The lowest BCUT2D eigenvalue weighted by Crippen LogP contribution is -2.40. The Morgan fingerprint density at radius 3 is 2.57 bits per heavy atom. The van der Waals surface area contributed by atoms with Crippen molar-refractivity contribution in [3.05, 3.63) is 24.3 Å². The maximum Gasteiger partial charge on any atom is 0.243 e.